The molecule has 0 radical (unpaired) electrons. The Morgan fingerprint density at radius 1 is 1.00 bits per heavy atom. The zero-order valence-electron chi connectivity index (χ0n) is 13.3. The zero-order chi connectivity index (χ0) is 14.5. The van der Waals surface area contributed by atoms with Gasteiger partial charge in [0.2, 0.25) is 0 Å². The van der Waals surface area contributed by atoms with Crippen LogP contribution in [-0.2, 0) is 0 Å². The van der Waals surface area contributed by atoms with Gasteiger partial charge in [0.1, 0.15) is 5.82 Å². The Hall–Kier alpha value is -0.960. The quantitative estimate of drug-likeness (QED) is 0.907. The molecule has 0 bridgehead atoms. The molecule has 0 amide bonds. The van der Waals surface area contributed by atoms with Crippen molar-refractivity contribution >= 4 is 0 Å². The molecule has 3 nitrogen and oxygen atoms in total. The smallest absolute Gasteiger partial charge is 0.131 e. The number of nitrogens with zero attached hydrogens (tertiary/aromatic N) is 2. The predicted molar refractivity (Wildman–Crippen MR) is 84.0 cm³/mol. The van der Waals surface area contributed by atoms with Crippen molar-refractivity contribution in [2.75, 3.05) is 6.54 Å². The molecule has 1 aromatic heterocycles. The van der Waals surface area contributed by atoms with E-state index >= 15 is 0 Å². The Balaban J connectivity index is 2.24. The highest BCUT2D eigenvalue weighted by atomic mass is 14.9. The van der Waals surface area contributed by atoms with Gasteiger partial charge in [-0.05, 0) is 44.7 Å². The fraction of sp³-hybridized carbons (Fsp3) is 0.765. The van der Waals surface area contributed by atoms with E-state index < -0.39 is 0 Å². The first-order valence-corrected chi connectivity index (χ1v) is 8.18. The summed E-state index contributed by atoms with van der Waals surface area (Å²) in [5.41, 5.74) is 9.32. The number of rotatable bonds is 3. The number of aryl methyl sites for hydroxylation is 2. The predicted octanol–water partition coefficient (Wildman–Crippen LogP) is 3.98. The minimum atomic E-state index is 0.349. The van der Waals surface area contributed by atoms with Crippen LogP contribution in [0.5, 0.6) is 0 Å². The molecular formula is C17H29N3. The average molecular weight is 275 g/mol. The Morgan fingerprint density at radius 3 is 2.00 bits per heavy atom. The average Bonchev–Trinajstić information content (AvgIpc) is 2.37. The van der Waals surface area contributed by atoms with Gasteiger partial charge in [0, 0.05) is 17.3 Å². The fourth-order valence-electron chi connectivity index (χ4n) is 3.48. The summed E-state index contributed by atoms with van der Waals surface area (Å²) in [6, 6.07) is 0. The lowest BCUT2D eigenvalue weighted by Gasteiger charge is -2.21. The first kappa shape index (κ1) is 15.4. The van der Waals surface area contributed by atoms with Gasteiger partial charge >= 0.3 is 0 Å². The summed E-state index contributed by atoms with van der Waals surface area (Å²) in [5, 5.41) is 0. The van der Waals surface area contributed by atoms with Gasteiger partial charge in [0.25, 0.3) is 0 Å². The molecule has 3 heteroatoms. The van der Waals surface area contributed by atoms with Crippen molar-refractivity contribution < 1.29 is 0 Å². The molecule has 1 aliphatic rings. The highest BCUT2D eigenvalue weighted by molar-refractivity contribution is 5.29. The second-order valence-corrected chi connectivity index (χ2v) is 6.35. The zero-order valence-corrected chi connectivity index (χ0v) is 13.3. The van der Waals surface area contributed by atoms with Gasteiger partial charge in [-0.3, -0.25) is 0 Å². The van der Waals surface area contributed by atoms with Crippen molar-refractivity contribution in [2.24, 2.45) is 5.73 Å². The van der Waals surface area contributed by atoms with Crippen molar-refractivity contribution in [2.45, 2.75) is 77.6 Å². The molecule has 1 aromatic rings. The molecule has 1 atom stereocenters. The molecule has 2 N–H and O–H groups in total. The van der Waals surface area contributed by atoms with Crippen LogP contribution in [0, 0.1) is 13.8 Å². The van der Waals surface area contributed by atoms with Crippen molar-refractivity contribution in [3.8, 4) is 0 Å². The number of aromatic nitrogens is 2. The second kappa shape index (κ2) is 7.16. The molecule has 1 unspecified atom stereocenters. The summed E-state index contributed by atoms with van der Waals surface area (Å²) >= 11 is 0. The van der Waals surface area contributed by atoms with Crippen LogP contribution in [0.15, 0.2) is 0 Å². The van der Waals surface area contributed by atoms with Gasteiger partial charge in [-0.15, -0.1) is 0 Å². The van der Waals surface area contributed by atoms with Gasteiger partial charge in [-0.2, -0.15) is 0 Å². The summed E-state index contributed by atoms with van der Waals surface area (Å²) < 4.78 is 0. The molecular weight excluding hydrogens is 246 g/mol. The van der Waals surface area contributed by atoms with Gasteiger partial charge in [-0.1, -0.05) is 39.0 Å². The highest BCUT2D eigenvalue weighted by Crippen LogP contribution is 2.30. The number of hydrogen-bond donors (Lipinski definition) is 1. The van der Waals surface area contributed by atoms with E-state index in [1.165, 1.54) is 50.5 Å². The van der Waals surface area contributed by atoms with Crippen molar-refractivity contribution in [3.63, 3.8) is 0 Å². The SMILES string of the molecule is Cc1nc(C2CCCCCCC2)nc(C)c1C(C)CN. The summed E-state index contributed by atoms with van der Waals surface area (Å²) in [7, 11) is 0. The van der Waals surface area contributed by atoms with Crippen LogP contribution in [0.3, 0.4) is 0 Å². The summed E-state index contributed by atoms with van der Waals surface area (Å²) in [6.45, 7) is 7.05. The van der Waals surface area contributed by atoms with Crippen LogP contribution in [0.1, 0.15) is 86.5 Å². The Kier molecular flexibility index (Phi) is 5.53. The molecule has 1 aliphatic carbocycles. The molecule has 0 aliphatic heterocycles. The lowest BCUT2D eigenvalue weighted by atomic mass is 9.90. The lowest BCUT2D eigenvalue weighted by molar-refractivity contribution is 0.440. The van der Waals surface area contributed by atoms with Crippen LogP contribution in [0.25, 0.3) is 0 Å². The maximum Gasteiger partial charge on any atom is 0.131 e. The van der Waals surface area contributed by atoms with Gasteiger partial charge in [0.15, 0.2) is 0 Å². The van der Waals surface area contributed by atoms with E-state index in [0.29, 0.717) is 18.4 Å². The highest BCUT2D eigenvalue weighted by Gasteiger charge is 2.20. The van der Waals surface area contributed by atoms with E-state index in [4.69, 9.17) is 15.7 Å². The second-order valence-electron chi connectivity index (χ2n) is 6.35. The van der Waals surface area contributed by atoms with E-state index in [0.717, 1.165) is 17.2 Å². The molecule has 0 spiro atoms. The topological polar surface area (TPSA) is 51.8 Å². The van der Waals surface area contributed by atoms with Crippen LogP contribution < -0.4 is 5.73 Å². The van der Waals surface area contributed by atoms with Crippen molar-refractivity contribution in [1.29, 1.82) is 0 Å². The van der Waals surface area contributed by atoms with Crippen molar-refractivity contribution in [3.05, 3.63) is 22.8 Å². The summed E-state index contributed by atoms with van der Waals surface area (Å²) in [5.74, 6) is 1.99. The normalized spacial score (nSPS) is 19.4. The lowest BCUT2D eigenvalue weighted by Crippen LogP contribution is -2.16. The maximum atomic E-state index is 5.81. The van der Waals surface area contributed by atoms with Crippen LogP contribution in [-0.4, -0.2) is 16.5 Å². The Morgan fingerprint density at radius 2 is 1.50 bits per heavy atom. The minimum absolute atomic E-state index is 0.349. The third kappa shape index (κ3) is 3.57. The van der Waals surface area contributed by atoms with Crippen LogP contribution in [0.2, 0.25) is 0 Å². The molecule has 20 heavy (non-hydrogen) atoms. The van der Waals surface area contributed by atoms with Crippen LogP contribution >= 0.6 is 0 Å². The number of hydrogen-bond acceptors (Lipinski definition) is 3. The minimum Gasteiger partial charge on any atom is -0.330 e. The van der Waals surface area contributed by atoms with Crippen LogP contribution in [0.4, 0.5) is 0 Å². The standard InChI is InChI=1S/C17H29N3/c1-12(11-18)16-13(2)19-17(20-14(16)3)15-9-7-5-4-6-8-10-15/h12,15H,4-11,18H2,1-3H3. The molecule has 0 aromatic carbocycles. The fourth-order valence-corrected chi connectivity index (χ4v) is 3.48. The Labute approximate surface area is 123 Å². The molecule has 2 rings (SSSR count). The largest absolute Gasteiger partial charge is 0.330 e. The summed E-state index contributed by atoms with van der Waals surface area (Å²) in [6.07, 6.45) is 9.31. The maximum absolute atomic E-state index is 5.81. The molecule has 1 heterocycles. The van der Waals surface area contributed by atoms with Gasteiger partial charge in [-0.25, -0.2) is 9.97 Å². The van der Waals surface area contributed by atoms with Crippen molar-refractivity contribution in [1.82, 2.24) is 9.97 Å². The van der Waals surface area contributed by atoms with E-state index in [1.54, 1.807) is 0 Å². The van der Waals surface area contributed by atoms with E-state index in [9.17, 15) is 0 Å². The van der Waals surface area contributed by atoms with Gasteiger partial charge in [0.05, 0.1) is 0 Å². The Bertz CT molecular complexity index is 411. The van der Waals surface area contributed by atoms with E-state index in [2.05, 4.69) is 20.8 Å². The van der Waals surface area contributed by atoms with Gasteiger partial charge < -0.3 is 5.73 Å². The molecule has 1 fully saturated rings. The first-order valence-electron chi connectivity index (χ1n) is 8.18. The third-order valence-electron chi connectivity index (χ3n) is 4.66. The monoisotopic (exact) mass is 275 g/mol. The van der Waals surface area contributed by atoms with E-state index in [-0.39, 0.29) is 0 Å². The number of nitrogens with two attached hydrogens (primary N) is 1. The first-order chi connectivity index (χ1) is 9.63. The summed E-state index contributed by atoms with van der Waals surface area (Å²) in [4.78, 5) is 9.66. The van der Waals surface area contributed by atoms with E-state index in [1.807, 2.05) is 0 Å². The molecule has 0 saturated heterocycles. The molecule has 1 saturated carbocycles. The molecule has 112 valence electrons. The third-order valence-corrected chi connectivity index (χ3v) is 4.66.